The monoisotopic (exact) mass is 399 g/mol. The molecule has 2 N–H and O–H groups in total. The molecule has 0 spiro atoms. The van der Waals surface area contributed by atoms with Crippen LogP contribution in [0, 0.1) is 13.8 Å². The number of nitrogens with one attached hydrogen (secondary N) is 2. The summed E-state index contributed by atoms with van der Waals surface area (Å²) < 4.78 is 5.92. The maximum absolute atomic E-state index is 12.3. The zero-order valence-electron chi connectivity index (χ0n) is 15.5. The molecule has 0 bridgehead atoms. The van der Waals surface area contributed by atoms with Gasteiger partial charge in [0.05, 0.1) is 0 Å². The van der Waals surface area contributed by atoms with Gasteiger partial charge in [-0.1, -0.05) is 6.07 Å². The zero-order chi connectivity index (χ0) is 17.5. The topological polar surface area (TPSA) is 63.2 Å². The van der Waals surface area contributed by atoms with Crippen molar-refractivity contribution in [1.29, 1.82) is 0 Å². The van der Waals surface area contributed by atoms with Crippen molar-refractivity contribution in [3.05, 3.63) is 58.9 Å². The molecule has 0 saturated carbocycles. The Labute approximate surface area is 167 Å². The summed E-state index contributed by atoms with van der Waals surface area (Å²) in [5.41, 5.74) is 3.57. The smallest absolute Gasteiger partial charge is 0.251 e. The summed E-state index contributed by atoms with van der Waals surface area (Å²) in [5.74, 6) is 0.751. The molecule has 1 unspecified atom stereocenters. The van der Waals surface area contributed by atoms with Gasteiger partial charge in [-0.3, -0.25) is 9.78 Å². The van der Waals surface area contributed by atoms with Crippen molar-refractivity contribution in [2.24, 2.45) is 0 Å². The maximum atomic E-state index is 12.3. The largest absolute Gasteiger partial charge is 0.488 e. The van der Waals surface area contributed by atoms with Crippen molar-refractivity contribution in [1.82, 2.24) is 15.6 Å². The second-order valence-electron chi connectivity index (χ2n) is 5.99. The van der Waals surface area contributed by atoms with E-state index in [1.54, 1.807) is 12.4 Å². The third kappa shape index (κ3) is 6.83. The maximum Gasteiger partial charge on any atom is 0.251 e. The lowest BCUT2D eigenvalue weighted by atomic mass is 10.0. The lowest BCUT2D eigenvalue weighted by molar-refractivity contribution is 0.0950. The van der Waals surface area contributed by atoms with E-state index in [0.29, 0.717) is 18.7 Å². The first-order valence-corrected chi connectivity index (χ1v) is 8.09. The summed E-state index contributed by atoms with van der Waals surface area (Å²) in [4.78, 5) is 16.4. The van der Waals surface area contributed by atoms with E-state index in [2.05, 4.69) is 15.6 Å². The number of benzene rings is 1. The Hall–Kier alpha value is -1.82. The molecule has 1 atom stereocenters. The van der Waals surface area contributed by atoms with Gasteiger partial charge in [-0.2, -0.15) is 0 Å². The Morgan fingerprint density at radius 2 is 1.88 bits per heavy atom. The van der Waals surface area contributed by atoms with Gasteiger partial charge in [0, 0.05) is 36.1 Å². The first kappa shape index (κ1) is 24.2. The minimum atomic E-state index is -0.0675. The molecule has 2 rings (SSSR count). The molecule has 7 heteroatoms. The Bertz CT molecular complexity index is 673. The van der Waals surface area contributed by atoms with Crippen LogP contribution in [0.15, 0.2) is 36.7 Å². The zero-order valence-corrected chi connectivity index (χ0v) is 17.2. The molecular weight excluding hydrogens is 373 g/mol. The van der Waals surface area contributed by atoms with Crippen molar-refractivity contribution in [2.45, 2.75) is 33.4 Å². The summed E-state index contributed by atoms with van der Waals surface area (Å²) in [5, 5.41) is 6.03. The lowest BCUT2D eigenvalue weighted by Crippen LogP contribution is -2.37. The van der Waals surface area contributed by atoms with Crippen LogP contribution in [-0.4, -0.2) is 30.5 Å². The van der Waals surface area contributed by atoms with E-state index >= 15 is 0 Å². The molecule has 0 saturated heterocycles. The number of ether oxygens (including phenoxy) is 1. The summed E-state index contributed by atoms with van der Waals surface area (Å²) in [6, 6.07) is 7.83. The van der Waals surface area contributed by atoms with Crippen LogP contribution in [0.2, 0.25) is 0 Å². The number of rotatable bonds is 7. The molecule has 1 amide bonds. The highest BCUT2D eigenvalue weighted by Gasteiger charge is 2.12. The van der Waals surface area contributed by atoms with E-state index in [1.807, 2.05) is 52.1 Å². The van der Waals surface area contributed by atoms with Gasteiger partial charge in [0.15, 0.2) is 0 Å². The molecular formula is C19H27Cl2N3O2. The van der Waals surface area contributed by atoms with Crippen molar-refractivity contribution in [2.75, 3.05) is 13.6 Å². The van der Waals surface area contributed by atoms with Crippen LogP contribution in [0.1, 0.15) is 34.0 Å². The fourth-order valence-electron chi connectivity index (χ4n) is 2.40. The van der Waals surface area contributed by atoms with Crippen LogP contribution in [0.25, 0.3) is 0 Å². The predicted octanol–water partition coefficient (Wildman–Crippen LogP) is 3.46. The van der Waals surface area contributed by atoms with Gasteiger partial charge in [0.25, 0.3) is 5.91 Å². The molecule has 0 fully saturated rings. The fraction of sp³-hybridized carbons (Fsp3) is 0.368. The molecule has 0 aliphatic rings. The average molecular weight is 400 g/mol. The highest BCUT2D eigenvalue weighted by molar-refractivity contribution is 5.94. The Morgan fingerprint density at radius 3 is 2.42 bits per heavy atom. The van der Waals surface area contributed by atoms with Gasteiger partial charge in [0.2, 0.25) is 0 Å². The number of aryl methyl sites for hydroxylation is 2. The molecule has 1 aromatic heterocycles. The van der Waals surface area contributed by atoms with Gasteiger partial charge in [-0.15, -0.1) is 24.8 Å². The van der Waals surface area contributed by atoms with Crippen molar-refractivity contribution < 1.29 is 9.53 Å². The second kappa shape index (κ2) is 11.7. The summed E-state index contributed by atoms with van der Waals surface area (Å²) >= 11 is 0. The fourth-order valence-corrected chi connectivity index (χ4v) is 2.40. The molecule has 5 nitrogen and oxygen atoms in total. The van der Waals surface area contributed by atoms with Crippen LogP contribution < -0.4 is 15.4 Å². The molecule has 0 aliphatic carbocycles. The van der Waals surface area contributed by atoms with E-state index in [0.717, 1.165) is 22.4 Å². The van der Waals surface area contributed by atoms with Crippen LogP contribution >= 0.6 is 24.8 Å². The van der Waals surface area contributed by atoms with E-state index in [9.17, 15) is 4.79 Å². The number of hydrogen-bond acceptors (Lipinski definition) is 4. The molecule has 26 heavy (non-hydrogen) atoms. The molecule has 0 aliphatic heterocycles. The Balaban J connectivity index is 0.00000312. The summed E-state index contributed by atoms with van der Waals surface area (Å²) in [7, 11) is 1.87. The van der Waals surface area contributed by atoms with E-state index in [-0.39, 0.29) is 36.8 Å². The number of carbonyl (C=O) groups excluding carboxylic acids is 1. The molecule has 0 radical (unpaired) electrons. The molecule has 1 heterocycles. The number of halogens is 2. The SMILES string of the molecule is CNC(C)CNC(=O)c1cc(C)c(OCc2cccnc2)c(C)c1.Cl.Cl. The van der Waals surface area contributed by atoms with Crippen LogP contribution in [-0.2, 0) is 6.61 Å². The van der Waals surface area contributed by atoms with Gasteiger partial charge in [0.1, 0.15) is 12.4 Å². The number of amides is 1. The number of pyridine rings is 1. The number of nitrogens with zero attached hydrogens (tertiary/aromatic N) is 1. The Morgan fingerprint density at radius 1 is 1.23 bits per heavy atom. The van der Waals surface area contributed by atoms with Gasteiger partial charge in [-0.25, -0.2) is 0 Å². The van der Waals surface area contributed by atoms with E-state index in [1.165, 1.54) is 0 Å². The number of carbonyl (C=O) groups is 1. The number of hydrogen-bond donors (Lipinski definition) is 2. The Kier molecular flexibility index (Phi) is 10.9. The van der Waals surface area contributed by atoms with E-state index < -0.39 is 0 Å². The minimum Gasteiger partial charge on any atom is -0.488 e. The quantitative estimate of drug-likeness (QED) is 0.747. The van der Waals surface area contributed by atoms with Crippen molar-refractivity contribution in [3.8, 4) is 5.75 Å². The van der Waals surface area contributed by atoms with E-state index in [4.69, 9.17) is 4.74 Å². The van der Waals surface area contributed by atoms with Crippen molar-refractivity contribution in [3.63, 3.8) is 0 Å². The minimum absolute atomic E-state index is 0. The van der Waals surface area contributed by atoms with Crippen LogP contribution in [0.3, 0.4) is 0 Å². The molecule has 2 aromatic rings. The van der Waals surface area contributed by atoms with Gasteiger partial charge in [-0.05, 0) is 57.1 Å². The predicted molar refractivity (Wildman–Crippen MR) is 110 cm³/mol. The normalized spacial score (nSPS) is 10.9. The lowest BCUT2D eigenvalue weighted by Gasteiger charge is -2.15. The number of likely N-dealkylation sites (N-methyl/N-ethyl adjacent to an activating group) is 1. The van der Waals surface area contributed by atoms with Crippen LogP contribution in [0.4, 0.5) is 0 Å². The van der Waals surface area contributed by atoms with Gasteiger partial charge >= 0.3 is 0 Å². The molecule has 1 aromatic carbocycles. The standard InChI is InChI=1S/C19H25N3O2.2ClH/c1-13-8-17(19(23)22-10-15(3)20-4)9-14(2)18(13)24-12-16-6-5-7-21-11-16;;/h5-9,11,15,20H,10,12H2,1-4H3,(H,22,23);2*1H. The summed E-state index contributed by atoms with van der Waals surface area (Å²) in [6.45, 7) is 6.98. The second-order valence-corrected chi connectivity index (χ2v) is 5.99. The van der Waals surface area contributed by atoms with Crippen molar-refractivity contribution >= 4 is 30.7 Å². The highest BCUT2D eigenvalue weighted by atomic mass is 35.5. The van der Waals surface area contributed by atoms with Crippen LogP contribution in [0.5, 0.6) is 5.75 Å². The first-order valence-electron chi connectivity index (χ1n) is 8.09. The first-order chi connectivity index (χ1) is 11.5. The number of aromatic nitrogens is 1. The van der Waals surface area contributed by atoms with Gasteiger partial charge < -0.3 is 15.4 Å². The third-order valence-corrected chi connectivity index (χ3v) is 3.89. The third-order valence-electron chi connectivity index (χ3n) is 3.89. The highest BCUT2D eigenvalue weighted by Crippen LogP contribution is 2.25. The summed E-state index contributed by atoms with van der Waals surface area (Å²) in [6.07, 6.45) is 3.53. The molecule has 144 valence electrons. The average Bonchev–Trinajstić information content (AvgIpc) is 2.59.